The Morgan fingerprint density at radius 1 is 1.30 bits per heavy atom. The normalized spacial score (nSPS) is 12.8. The molecule has 0 aliphatic heterocycles. The van der Waals surface area contributed by atoms with Crippen molar-refractivity contribution in [3.63, 3.8) is 0 Å². The van der Waals surface area contributed by atoms with Gasteiger partial charge in [0.15, 0.2) is 0 Å². The van der Waals surface area contributed by atoms with Crippen molar-refractivity contribution in [3.8, 4) is 0 Å². The average Bonchev–Trinajstić information content (AvgIpc) is 3.15. The lowest BCUT2D eigenvalue weighted by molar-refractivity contribution is -0.142. The summed E-state index contributed by atoms with van der Waals surface area (Å²) in [5, 5.41) is 2.69. The molecule has 2 amide bonds. The standard InChI is InChI=1S/C17H20N4O2/c1-20-9-8-18-15(20)11-21(2)17(23)16(22)19-14-7-6-12-4-3-5-13(12)10-14/h6-10H,3-5,11H2,1-2H3,(H,19,22). The van der Waals surface area contributed by atoms with Gasteiger partial charge in [-0.05, 0) is 42.5 Å². The van der Waals surface area contributed by atoms with Gasteiger partial charge in [0.05, 0.1) is 6.54 Å². The summed E-state index contributed by atoms with van der Waals surface area (Å²) in [6, 6.07) is 5.85. The summed E-state index contributed by atoms with van der Waals surface area (Å²) >= 11 is 0. The second kappa shape index (κ2) is 6.24. The Hall–Kier alpha value is -2.63. The highest BCUT2D eigenvalue weighted by Gasteiger charge is 2.20. The van der Waals surface area contributed by atoms with Crippen LogP contribution in [0, 0.1) is 0 Å². The number of benzene rings is 1. The maximum Gasteiger partial charge on any atom is 0.313 e. The number of amides is 2. The highest BCUT2D eigenvalue weighted by molar-refractivity contribution is 6.39. The molecule has 3 rings (SSSR count). The topological polar surface area (TPSA) is 67.2 Å². The predicted octanol–water partition coefficient (Wildman–Crippen LogP) is 1.51. The molecule has 0 saturated carbocycles. The average molecular weight is 312 g/mol. The van der Waals surface area contributed by atoms with E-state index < -0.39 is 11.8 Å². The second-order valence-electron chi connectivity index (χ2n) is 5.91. The molecule has 0 bridgehead atoms. The largest absolute Gasteiger partial charge is 0.337 e. The van der Waals surface area contributed by atoms with Crippen LogP contribution in [-0.4, -0.2) is 33.3 Å². The van der Waals surface area contributed by atoms with Crippen LogP contribution in [0.3, 0.4) is 0 Å². The van der Waals surface area contributed by atoms with Crippen molar-refractivity contribution in [1.82, 2.24) is 14.5 Å². The predicted molar refractivity (Wildman–Crippen MR) is 86.8 cm³/mol. The van der Waals surface area contributed by atoms with Gasteiger partial charge in [-0.3, -0.25) is 9.59 Å². The van der Waals surface area contributed by atoms with Gasteiger partial charge in [-0.25, -0.2) is 4.98 Å². The van der Waals surface area contributed by atoms with Gasteiger partial charge in [-0.1, -0.05) is 6.07 Å². The minimum absolute atomic E-state index is 0.292. The van der Waals surface area contributed by atoms with Crippen LogP contribution >= 0.6 is 0 Å². The summed E-state index contributed by atoms with van der Waals surface area (Å²) in [6.45, 7) is 0.292. The summed E-state index contributed by atoms with van der Waals surface area (Å²) in [5.74, 6) is -0.473. The Bertz CT molecular complexity index is 751. The van der Waals surface area contributed by atoms with Crippen molar-refractivity contribution < 1.29 is 9.59 Å². The van der Waals surface area contributed by atoms with Gasteiger partial charge >= 0.3 is 11.8 Å². The molecule has 0 unspecified atom stereocenters. The Balaban J connectivity index is 1.63. The maximum absolute atomic E-state index is 12.2. The zero-order valence-electron chi connectivity index (χ0n) is 13.4. The van der Waals surface area contributed by atoms with Gasteiger partial charge in [0, 0.05) is 32.2 Å². The lowest BCUT2D eigenvalue weighted by Crippen LogP contribution is -2.37. The van der Waals surface area contributed by atoms with Gasteiger partial charge < -0.3 is 14.8 Å². The number of aromatic nitrogens is 2. The molecule has 0 fully saturated rings. The summed E-state index contributed by atoms with van der Waals surface area (Å²) < 4.78 is 1.82. The van der Waals surface area contributed by atoms with Gasteiger partial charge in [-0.2, -0.15) is 0 Å². The number of rotatable bonds is 3. The van der Waals surface area contributed by atoms with E-state index in [1.165, 1.54) is 16.0 Å². The minimum Gasteiger partial charge on any atom is -0.337 e. The maximum atomic E-state index is 12.2. The number of likely N-dealkylation sites (N-methyl/N-ethyl adjacent to an activating group) is 1. The van der Waals surface area contributed by atoms with Crippen molar-refractivity contribution in [1.29, 1.82) is 0 Å². The molecule has 1 aromatic carbocycles. The van der Waals surface area contributed by atoms with E-state index in [1.807, 2.05) is 29.8 Å². The van der Waals surface area contributed by atoms with Crippen LogP contribution in [0.4, 0.5) is 5.69 Å². The molecule has 0 saturated heterocycles. The number of aryl methyl sites for hydroxylation is 3. The molecule has 2 aromatic rings. The fourth-order valence-electron chi connectivity index (χ4n) is 2.84. The van der Waals surface area contributed by atoms with Crippen LogP contribution in [0.15, 0.2) is 30.6 Å². The van der Waals surface area contributed by atoms with E-state index in [1.54, 1.807) is 19.4 Å². The fourth-order valence-corrected chi connectivity index (χ4v) is 2.84. The molecule has 6 nitrogen and oxygen atoms in total. The lowest BCUT2D eigenvalue weighted by atomic mass is 10.1. The second-order valence-corrected chi connectivity index (χ2v) is 5.91. The van der Waals surface area contributed by atoms with Crippen LogP contribution < -0.4 is 5.32 Å². The summed E-state index contributed by atoms with van der Waals surface area (Å²) in [6.07, 6.45) is 6.75. The molecule has 1 heterocycles. The number of hydrogen-bond donors (Lipinski definition) is 1. The first-order valence-corrected chi connectivity index (χ1v) is 7.69. The summed E-state index contributed by atoms with van der Waals surface area (Å²) in [4.78, 5) is 29.9. The molecule has 0 atom stereocenters. The van der Waals surface area contributed by atoms with Gasteiger partial charge in [0.25, 0.3) is 0 Å². The number of carbonyl (C=O) groups excluding carboxylic acids is 2. The quantitative estimate of drug-likeness (QED) is 0.874. The number of nitrogens with one attached hydrogen (secondary N) is 1. The number of fused-ring (bicyclic) bond motifs is 1. The summed E-state index contributed by atoms with van der Waals surface area (Å²) in [7, 11) is 3.45. The number of nitrogens with zero attached hydrogens (tertiary/aromatic N) is 3. The first-order chi connectivity index (χ1) is 11.0. The van der Waals surface area contributed by atoms with Crippen molar-refractivity contribution >= 4 is 17.5 Å². The Kier molecular flexibility index (Phi) is 4.14. The van der Waals surface area contributed by atoms with Crippen LogP contribution in [-0.2, 0) is 36.0 Å². The zero-order chi connectivity index (χ0) is 16.4. The molecule has 1 aliphatic rings. The van der Waals surface area contributed by atoms with Gasteiger partial charge in [0.2, 0.25) is 0 Å². The molecule has 0 spiro atoms. The van der Waals surface area contributed by atoms with E-state index in [4.69, 9.17) is 0 Å². The SMILES string of the molecule is CN(Cc1nccn1C)C(=O)C(=O)Nc1ccc2c(c1)CCC2. The molecule has 6 heteroatoms. The smallest absolute Gasteiger partial charge is 0.313 e. The highest BCUT2D eigenvalue weighted by Crippen LogP contribution is 2.24. The number of carbonyl (C=O) groups is 2. The van der Waals surface area contributed by atoms with Crippen molar-refractivity contribution in [2.75, 3.05) is 12.4 Å². The van der Waals surface area contributed by atoms with Crippen LogP contribution in [0.2, 0.25) is 0 Å². The number of hydrogen-bond acceptors (Lipinski definition) is 3. The van der Waals surface area contributed by atoms with E-state index in [2.05, 4.69) is 10.3 Å². The zero-order valence-corrected chi connectivity index (χ0v) is 13.4. The summed E-state index contributed by atoms with van der Waals surface area (Å²) in [5.41, 5.74) is 3.27. The third kappa shape index (κ3) is 3.26. The van der Waals surface area contributed by atoms with E-state index in [0.717, 1.165) is 25.1 Å². The van der Waals surface area contributed by atoms with Gasteiger partial charge in [0.1, 0.15) is 5.82 Å². The molecule has 120 valence electrons. The number of imidazole rings is 1. The first-order valence-electron chi connectivity index (χ1n) is 7.69. The molecule has 0 radical (unpaired) electrons. The van der Waals surface area contributed by atoms with E-state index in [9.17, 15) is 9.59 Å². The fraction of sp³-hybridized carbons (Fsp3) is 0.353. The third-order valence-electron chi connectivity index (χ3n) is 4.20. The molecule has 1 aromatic heterocycles. The molecule has 1 N–H and O–H groups in total. The van der Waals surface area contributed by atoms with Crippen LogP contribution in [0.5, 0.6) is 0 Å². The van der Waals surface area contributed by atoms with Gasteiger partial charge in [-0.15, -0.1) is 0 Å². The van der Waals surface area contributed by atoms with E-state index >= 15 is 0 Å². The highest BCUT2D eigenvalue weighted by atomic mass is 16.2. The number of anilines is 1. The van der Waals surface area contributed by atoms with Crippen molar-refractivity contribution in [2.24, 2.45) is 7.05 Å². The Morgan fingerprint density at radius 2 is 2.09 bits per heavy atom. The minimum atomic E-state index is -0.625. The van der Waals surface area contributed by atoms with E-state index in [-0.39, 0.29) is 0 Å². The van der Waals surface area contributed by atoms with Crippen LogP contribution in [0.25, 0.3) is 0 Å². The lowest BCUT2D eigenvalue weighted by Gasteiger charge is -2.16. The van der Waals surface area contributed by atoms with Crippen molar-refractivity contribution in [3.05, 3.63) is 47.5 Å². The first kappa shape index (κ1) is 15.3. The molecular formula is C17H20N4O2. The molecular weight excluding hydrogens is 292 g/mol. The monoisotopic (exact) mass is 312 g/mol. The van der Waals surface area contributed by atoms with Crippen molar-refractivity contribution in [2.45, 2.75) is 25.8 Å². The molecule has 1 aliphatic carbocycles. The van der Waals surface area contributed by atoms with E-state index in [0.29, 0.717) is 12.2 Å². The molecule has 23 heavy (non-hydrogen) atoms. The Labute approximate surface area is 135 Å². The third-order valence-corrected chi connectivity index (χ3v) is 4.20. The van der Waals surface area contributed by atoms with Crippen LogP contribution in [0.1, 0.15) is 23.4 Å². The Morgan fingerprint density at radius 3 is 2.83 bits per heavy atom.